The van der Waals surface area contributed by atoms with E-state index in [0.717, 1.165) is 0 Å². The van der Waals surface area contributed by atoms with Crippen LogP contribution in [-0.4, -0.2) is 0 Å². The molecule has 0 bridgehead atoms. The quantitative estimate of drug-likeness (QED) is 0.482. The molecule has 15 heavy (non-hydrogen) atoms. The van der Waals surface area contributed by atoms with Crippen molar-refractivity contribution >= 4 is 30.7 Å². The van der Waals surface area contributed by atoms with Gasteiger partial charge < -0.3 is 0 Å². The van der Waals surface area contributed by atoms with Crippen molar-refractivity contribution in [1.82, 2.24) is 0 Å². The average molecular weight is 496 g/mol. The van der Waals surface area contributed by atoms with Crippen LogP contribution in [0.15, 0.2) is 29.8 Å². The zero-order valence-electron chi connectivity index (χ0n) is 8.80. The van der Waals surface area contributed by atoms with Crippen LogP contribution >= 0.6 is 24.6 Å². The van der Waals surface area contributed by atoms with Crippen LogP contribution in [-0.2, 0) is 18.2 Å². The summed E-state index contributed by atoms with van der Waals surface area (Å²) >= 11 is 6.22. The van der Waals surface area contributed by atoms with E-state index in [0.29, 0.717) is 5.92 Å². The zero-order chi connectivity index (χ0) is 11.3. The monoisotopic (exact) mass is 495 g/mol. The van der Waals surface area contributed by atoms with Crippen molar-refractivity contribution in [2.24, 2.45) is 5.92 Å². The minimum atomic E-state index is -0.292. The maximum absolute atomic E-state index is 3.26. The summed E-state index contributed by atoms with van der Waals surface area (Å²) in [5, 5.41) is 0. The average Bonchev–Trinajstić information content (AvgIpc) is 2.62. The van der Waals surface area contributed by atoms with Gasteiger partial charge in [0.1, 0.15) is 0 Å². The molecule has 0 nitrogen and oxygen atoms in total. The predicted octanol–water partition coefficient (Wildman–Crippen LogP) is 4.98. The van der Waals surface area contributed by atoms with Gasteiger partial charge in [-0.25, -0.2) is 0 Å². The molecule has 1 aromatic carbocycles. The van der Waals surface area contributed by atoms with Crippen molar-refractivity contribution in [2.45, 2.75) is 13.8 Å². The van der Waals surface area contributed by atoms with E-state index in [1.54, 1.807) is 0 Å². The molecule has 0 aromatic heterocycles. The van der Waals surface area contributed by atoms with E-state index in [1.807, 2.05) is 0 Å². The summed E-state index contributed by atoms with van der Waals surface area (Å²) in [5.41, 5.74) is 4.17. The predicted molar refractivity (Wildman–Crippen MR) is 70.5 cm³/mol. The fourth-order valence-corrected chi connectivity index (χ4v) is 1.51. The van der Waals surface area contributed by atoms with Crippen LogP contribution in [0.5, 0.6) is 0 Å². The minimum absolute atomic E-state index is 0.292. The van der Waals surface area contributed by atoms with Crippen molar-refractivity contribution in [3.05, 3.63) is 47.4 Å². The van der Waals surface area contributed by atoms with Crippen LogP contribution < -0.4 is 0 Å². The van der Waals surface area contributed by atoms with E-state index < -0.39 is 0 Å². The molecule has 0 heterocycles. The van der Waals surface area contributed by atoms with Crippen molar-refractivity contribution in [3.8, 4) is 0 Å². The topological polar surface area (TPSA) is 0 Å². The van der Waals surface area contributed by atoms with E-state index in [9.17, 15) is 0 Å². The first kappa shape index (κ1) is 13.9. The molecule has 1 aliphatic carbocycles. The molecular weight excluding hydrogens is 482 g/mol. The summed E-state index contributed by atoms with van der Waals surface area (Å²) in [6, 6.07) is 8.52. The molecule has 0 spiro atoms. The van der Waals surface area contributed by atoms with Gasteiger partial charge >= 0.3 is 42.8 Å². The van der Waals surface area contributed by atoms with Crippen LogP contribution in [0.4, 0.5) is 0 Å². The Kier molecular flexibility index (Phi) is 6.63. The van der Waals surface area contributed by atoms with Gasteiger partial charge in [-0.05, 0) is 17.0 Å². The first-order chi connectivity index (χ1) is 7.19. The third-order valence-corrected chi connectivity index (χ3v) is 2.31. The molecule has 0 saturated carbocycles. The molecule has 1 aromatic rings. The summed E-state index contributed by atoms with van der Waals surface area (Å²) < 4.78 is 0. The second-order valence-corrected chi connectivity index (χ2v) is 19.4. The molecule has 0 N–H and O–H groups in total. The van der Waals surface area contributed by atoms with Gasteiger partial charge in [0, 0.05) is 6.42 Å². The van der Waals surface area contributed by atoms with Gasteiger partial charge in [-0.1, -0.05) is 49.8 Å². The van der Waals surface area contributed by atoms with Gasteiger partial charge in [-0.15, -0.1) is 0 Å². The Morgan fingerprint density at radius 3 is 2.07 bits per heavy atom. The van der Waals surface area contributed by atoms with Crippen molar-refractivity contribution in [1.29, 1.82) is 0 Å². The first-order valence-corrected chi connectivity index (χ1v) is 20.5. The Hall–Kier alpha value is 0.790. The van der Waals surface area contributed by atoms with E-state index in [4.69, 9.17) is 0 Å². The van der Waals surface area contributed by atoms with Crippen molar-refractivity contribution in [3.63, 3.8) is 0 Å². The Balaban J connectivity index is 0.000000337. The molecule has 3 heteroatoms. The summed E-state index contributed by atoms with van der Waals surface area (Å²) in [5.74, 6) is 0.636. The number of allylic oxidation sites excluding steroid dienone is 1. The van der Waals surface area contributed by atoms with Gasteiger partial charge in [-0.2, -0.15) is 0 Å². The van der Waals surface area contributed by atoms with Crippen LogP contribution in [0.25, 0.3) is 6.08 Å². The van der Waals surface area contributed by atoms with E-state index >= 15 is 0 Å². The van der Waals surface area contributed by atoms with E-state index in [1.165, 1.54) is 16.7 Å². The number of hydrogen-bond donors (Lipinski definition) is 0. The van der Waals surface area contributed by atoms with Gasteiger partial charge in [0.15, 0.2) is 0 Å². The number of rotatable bonds is 1. The number of fused-ring (bicyclic) bond motifs is 1. The second-order valence-electron chi connectivity index (χ2n) is 3.64. The number of hydrogen-bond acceptors (Lipinski definition) is 0. The molecule has 0 fully saturated rings. The van der Waals surface area contributed by atoms with Gasteiger partial charge in [0.25, 0.3) is 0 Å². The molecule has 2 rings (SSSR count). The maximum atomic E-state index is 3.26. The summed E-state index contributed by atoms with van der Waals surface area (Å²) in [7, 11) is 0. The van der Waals surface area contributed by atoms with Gasteiger partial charge in [0.05, 0.1) is 0 Å². The van der Waals surface area contributed by atoms with E-state index in [-0.39, 0.29) is 18.2 Å². The fourth-order valence-electron chi connectivity index (χ4n) is 1.51. The Morgan fingerprint density at radius 2 is 1.60 bits per heavy atom. The molecule has 0 saturated heterocycles. The second kappa shape index (κ2) is 7.18. The molecular formula is C12H13Br2Hf. The molecule has 79 valence electrons. The first-order valence-electron chi connectivity index (χ1n) is 4.80. The Labute approximate surface area is 115 Å². The number of benzene rings is 1. The van der Waals surface area contributed by atoms with Crippen molar-refractivity contribution in [2.75, 3.05) is 0 Å². The SMILES string of the molecule is CC(C)C1=Cc2ccccc2[CH]1.[Br][Hf][Br]. The normalized spacial score (nSPS) is 12.7. The molecule has 1 radical (unpaired) electrons. The Bertz CT molecular complexity index is 345. The van der Waals surface area contributed by atoms with Gasteiger partial charge in [-0.3, -0.25) is 0 Å². The van der Waals surface area contributed by atoms with Gasteiger partial charge in [0.2, 0.25) is 0 Å². The molecule has 1 aliphatic rings. The standard InChI is InChI=1S/C12H13.2BrH.Hf/c1-9(2)12-7-10-5-3-4-6-11(10)8-12;;;/h3-9H,1-2H3;2*1H;/q;;;+2/p-2. The molecule has 0 unspecified atom stereocenters. The van der Waals surface area contributed by atoms with Crippen LogP contribution in [0.1, 0.15) is 25.0 Å². The van der Waals surface area contributed by atoms with Crippen molar-refractivity contribution < 1.29 is 18.2 Å². The van der Waals surface area contributed by atoms with E-state index in [2.05, 4.69) is 75.2 Å². The van der Waals surface area contributed by atoms with Crippen LogP contribution in [0.3, 0.4) is 0 Å². The summed E-state index contributed by atoms with van der Waals surface area (Å²) in [6.07, 6.45) is 4.56. The number of halogens is 2. The van der Waals surface area contributed by atoms with Crippen LogP contribution in [0, 0.1) is 12.3 Å². The molecule has 0 amide bonds. The molecule has 0 atom stereocenters. The zero-order valence-corrected chi connectivity index (χ0v) is 15.6. The third kappa shape index (κ3) is 4.27. The summed E-state index contributed by atoms with van der Waals surface area (Å²) in [4.78, 5) is 0. The molecule has 0 aliphatic heterocycles. The fraction of sp³-hybridized carbons (Fsp3) is 0.250. The van der Waals surface area contributed by atoms with Crippen LogP contribution in [0.2, 0.25) is 0 Å². The Morgan fingerprint density at radius 1 is 1.07 bits per heavy atom. The summed E-state index contributed by atoms with van der Waals surface area (Å²) in [6.45, 7) is 4.46. The third-order valence-electron chi connectivity index (χ3n) is 2.31.